The van der Waals surface area contributed by atoms with E-state index < -0.39 is 0 Å². The third-order valence-electron chi connectivity index (χ3n) is 2.44. The van der Waals surface area contributed by atoms with E-state index in [4.69, 9.17) is 0 Å². The smallest absolute Gasteiger partial charge is 0.130 e. The molecule has 70 valence electrons. The molecule has 0 unspecified atom stereocenters. The zero-order chi connectivity index (χ0) is 9.42. The van der Waals surface area contributed by atoms with Crippen LogP contribution in [0.1, 0.15) is 11.1 Å². The molecule has 1 aliphatic rings. The summed E-state index contributed by atoms with van der Waals surface area (Å²) < 4.78 is 13.4. The molecule has 0 atom stereocenters. The average molecular weight is 180 g/mol. The molecule has 1 heterocycles. The quantitative estimate of drug-likeness (QED) is 0.709. The van der Waals surface area contributed by atoms with Crippen molar-refractivity contribution in [2.45, 2.75) is 13.1 Å². The summed E-state index contributed by atoms with van der Waals surface area (Å²) in [5, 5.41) is 2.95. The predicted molar refractivity (Wildman–Crippen MR) is 51.1 cm³/mol. The molecule has 0 amide bonds. The summed E-state index contributed by atoms with van der Waals surface area (Å²) in [5.74, 6) is -0.0915. The van der Waals surface area contributed by atoms with Crippen LogP contribution in [0.2, 0.25) is 0 Å². The maximum atomic E-state index is 13.4. The lowest BCUT2D eigenvalue weighted by Gasteiger charge is -2.04. The molecular weight excluding hydrogens is 167 g/mol. The molecule has 13 heavy (non-hydrogen) atoms. The number of nitrogens with zero attached hydrogens (tertiary/aromatic N) is 1. The van der Waals surface area contributed by atoms with Gasteiger partial charge in [0, 0.05) is 31.4 Å². The van der Waals surface area contributed by atoms with Crippen LogP contribution in [0.5, 0.6) is 0 Å². The Morgan fingerprint density at radius 1 is 1.38 bits per heavy atom. The Morgan fingerprint density at radius 2 is 2.15 bits per heavy atom. The first-order valence-electron chi connectivity index (χ1n) is 4.38. The molecule has 0 bridgehead atoms. The van der Waals surface area contributed by atoms with E-state index in [1.54, 1.807) is 13.1 Å². The van der Waals surface area contributed by atoms with E-state index in [-0.39, 0.29) is 5.82 Å². The molecule has 0 aliphatic carbocycles. The van der Waals surface area contributed by atoms with Gasteiger partial charge in [-0.1, -0.05) is 0 Å². The summed E-state index contributed by atoms with van der Waals surface area (Å²) in [6.07, 6.45) is 0. The lowest BCUT2D eigenvalue weighted by molar-refractivity contribution is 0.350. The van der Waals surface area contributed by atoms with Crippen molar-refractivity contribution in [2.75, 3.05) is 19.4 Å². The third-order valence-corrected chi connectivity index (χ3v) is 2.44. The van der Waals surface area contributed by atoms with Crippen molar-refractivity contribution >= 4 is 5.69 Å². The van der Waals surface area contributed by atoms with Gasteiger partial charge in [0.15, 0.2) is 0 Å². The first-order valence-corrected chi connectivity index (χ1v) is 4.38. The van der Waals surface area contributed by atoms with E-state index >= 15 is 0 Å². The van der Waals surface area contributed by atoms with Gasteiger partial charge in [-0.25, -0.2) is 4.39 Å². The molecule has 2 nitrogen and oxygen atoms in total. The Morgan fingerprint density at radius 3 is 2.85 bits per heavy atom. The number of hydrogen-bond acceptors (Lipinski definition) is 2. The lowest BCUT2D eigenvalue weighted by Crippen LogP contribution is -2.07. The molecule has 0 radical (unpaired) electrons. The van der Waals surface area contributed by atoms with Gasteiger partial charge in [-0.2, -0.15) is 0 Å². The van der Waals surface area contributed by atoms with Crippen molar-refractivity contribution in [3.8, 4) is 0 Å². The van der Waals surface area contributed by atoms with Crippen molar-refractivity contribution < 1.29 is 4.39 Å². The highest BCUT2D eigenvalue weighted by atomic mass is 19.1. The fraction of sp³-hybridized carbons (Fsp3) is 0.400. The minimum atomic E-state index is -0.0915. The summed E-state index contributed by atoms with van der Waals surface area (Å²) >= 11 is 0. The summed E-state index contributed by atoms with van der Waals surface area (Å²) in [5.41, 5.74) is 2.81. The number of anilines is 1. The molecule has 0 aromatic heterocycles. The van der Waals surface area contributed by atoms with Crippen LogP contribution < -0.4 is 5.32 Å². The summed E-state index contributed by atoms with van der Waals surface area (Å²) in [6, 6.07) is 3.57. The molecule has 0 fully saturated rings. The molecule has 1 N–H and O–H groups in total. The van der Waals surface area contributed by atoms with Gasteiger partial charge in [0.05, 0.1) is 0 Å². The van der Waals surface area contributed by atoms with Crippen molar-refractivity contribution in [1.82, 2.24) is 4.90 Å². The van der Waals surface area contributed by atoms with Crippen molar-refractivity contribution in [3.05, 3.63) is 29.1 Å². The Kier molecular flexibility index (Phi) is 1.96. The number of benzene rings is 1. The molecule has 0 spiro atoms. The largest absolute Gasteiger partial charge is 0.388 e. The zero-order valence-corrected chi connectivity index (χ0v) is 7.89. The van der Waals surface area contributed by atoms with Gasteiger partial charge in [-0.05, 0) is 24.7 Å². The topological polar surface area (TPSA) is 15.3 Å². The summed E-state index contributed by atoms with van der Waals surface area (Å²) in [6.45, 7) is 1.58. The second-order valence-electron chi connectivity index (χ2n) is 3.52. The van der Waals surface area contributed by atoms with Crippen LogP contribution in [0, 0.1) is 5.82 Å². The van der Waals surface area contributed by atoms with E-state index in [9.17, 15) is 4.39 Å². The van der Waals surface area contributed by atoms with Gasteiger partial charge in [0.25, 0.3) is 0 Å². The van der Waals surface area contributed by atoms with Gasteiger partial charge in [0.2, 0.25) is 0 Å². The number of halogens is 1. The Bertz CT molecular complexity index is 336. The van der Waals surface area contributed by atoms with Crippen molar-refractivity contribution in [3.63, 3.8) is 0 Å². The summed E-state index contributed by atoms with van der Waals surface area (Å²) in [4.78, 5) is 2.10. The molecule has 1 aromatic rings. The third kappa shape index (κ3) is 1.40. The van der Waals surface area contributed by atoms with Gasteiger partial charge >= 0.3 is 0 Å². The number of rotatable bonds is 1. The van der Waals surface area contributed by atoms with E-state index in [0.717, 1.165) is 29.9 Å². The van der Waals surface area contributed by atoms with Crippen LogP contribution in [-0.4, -0.2) is 19.0 Å². The van der Waals surface area contributed by atoms with Crippen LogP contribution in [-0.2, 0) is 13.1 Å². The van der Waals surface area contributed by atoms with Gasteiger partial charge < -0.3 is 5.32 Å². The first-order chi connectivity index (χ1) is 6.20. The fourth-order valence-corrected chi connectivity index (χ4v) is 1.77. The Balaban J connectivity index is 2.46. The molecule has 1 aliphatic heterocycles. The lowest BCUT2D eigenvalue weighted by atomic mass is 10.1. The minimum Gasteiger partial charge on any atom is -0.388 e. The van der Waals surface area contributed by atoms with Crippen LogP contribution in [0.15, 0.2) is 12.1 Å². The predicted octanol–water partition coefficient (Wildman–Crippen LogP) is 1.81. The first kappa shape index (κ1) is 8.51. The number of fused-ring (bicyclic) bond motifs is 1. The number of hydrogen-bond donors (Lipinski definition) is 1. The van der Waals surface area contributed by atoms with E-state index in [1.165, 1.54) is 0 Å². The highest BCUT2D eigenvalue weighted by Crippen LogP contribution is 2.27. The summed E-state index contributed by atoms with van der Waals surface area (Å²) in [7, 11) is 3.80. The Labute approximate surface area is 77.4 Å². The van der Waals surface area contributed by atoms with E-state index in [1.807, 2.05) is 13.1 Å². The van der Waals surface area contributed by atoms with Gasteiger partial charge in [0.1, 0.15) is 5.82 Å². The second-order valence-corrected chi connectivity index (χ2v) is 3.52. The highest BCUT2D eigenvalue weighted by molar-refractivity contribution is 5.50. The van der Waals surface area contributed by atoms with Crippen molar-refractivity contribution in [1.29, 1.82) is 0 Å². The fourth-order valence-electron chi connectivity index (χ4n) is 1.77. The molecule has 0 saturated heterocycles. The van der Waals surface area contributed by atoms with E-state index in [2.05, 4.69) is 10.2 Å². The zero-order valence-electron chi connectivity index (χ0n) is 7.89. The van der Waals surface area contributed by atoms with Crippen LogP contribution in [0.4, 0.5) is 10.1 Å². The minimum absolute atomic E-state index is 0.0915. The molecule has 3 heteroatoms. The average Bonchev–Trinajstić information content (AvgIpc) is 2.46. The maximum absolute atomic E-state index is 13.4. The second kappa shape index (κ2) is 3.00. The molecule has 1 aromatic carbocycles. The Hall–Kier alpha value is -1.09. The molecule has 0 saturated carbocycles. The van der Waals surface area contributed by atoms with Crippen LogP contribution in [0.25, 0.3) is 0 Å². The van der Waals surface area contributed by atoms with Crippen molar-refractivity contribution in [2.24, 2.45) is 0 Å². The molecule has 2 rings (SSSR count). The van der Waals surface area contributed by atoms with Crippen LogP contribution >= 0.6 is 0 Å². The SMILES string of the molecule is CNc1cc(F)c2c(c1)CN(C)C2. The maximum Gasteiger partial charge on any atom is 0.130 e. The van der Waals surface area contributed by atoms with E-state index in [0.29, 0.717) is 0 Å². The van der Waals surface area contributed by atoms with Crippen LogP contribution in [0.3, 0.4) is 0 Å². The normalized spacial score (nSPS) is 15.9. The molecular formula is C10H13FN2. The monoisotopic (exact) mass is 180 g/mol. The van der Waals surface area contributed by atoms with Gasteiger partial charge in [-0.3, -0.25) is 4.90 Å². The number of nitrogens with one attached hydrogen (secondary N) is 1. The highest BCUT2D eigenvalue weighted by Gasteiger charge is 2.19. The van der Waals surface area contributed by atoms with Gasteiger partial charge in [-0.15, -0.1) is 0 Å². The standard InChI is InChI=1S/C10H13FN2/c1-12-8-3-7-5-13(2)6-9(7)10(11)4-8/h3-4,12H,5-6H2,1-2H3.